The zero-order chi connectivity index (χ0) is 13.6. The molecule has 0 aliphatic carbocycles. The van der Waals surface area contributed by atoms with Crippen LogP contribution in [-0.2, 0) is 4.79 Å². The van der Waals surface area contributed by atoms with Gasteiger partial charge in [0.1, 0.15) is 0 Å². The van der Waals surface area contributed by atoms with E-state index in [1.807, 2.05) is 20.8 Å². The summed E-state index contributed by atoms with van der Waals surface area (Å²) in [5.41, 5.74) is 0.877. The van der Waals surface area contributed by atoms with E-state index in [-0.39, 0.29) is 24.4 Å². The molecule has 2 amide bonds. The quantitative estimate of drug-likeness (QED) is 0.696. The summed E-state index contributed by atoms with van der Waals surface area (Å²) < 4.78 is 0. The van der Waals surface area contributed by atoms with E-state index in [4.69, 9.17) is 5.11 Å². The largest absolute Gasteiger partial charge is 0.481 e. The Labute approximate surface area is 102 Å². The van der Waals surface area contributed by atoms with Gasteiger partial charge in [-0.25, -0.2) is 4.79 Å². The normalized spacial score (nSPS) is 12.1. The average molecular weight is 242 g/mol. The lowest BCUT2D eigenvalue weighted by molar-refractivity contribution is -0.137. The van der Waals surface area contributed by atoms with Crippen LogP contribution in [0.3, 0.4) is 0 Å². The highest BCUT2D eigenvalue weighted by Crippen LogP contribution is 2.07. The second-order valence-electron chi connectivity index (χ2n) is 4.71. The van der Waals surface area contributed by atoms with Crippen molar-refractivity contribution in [3.8, 4) is 0 Å². The highest BCUT2D eigenvalue weighted by Gasteiger charge is 2.20. The Morgan fingerprint density at radius 2 is 1.94 bits per heavy atom. The topological polar surface area (TPSA) is 69.6 Å². The zero-order valence-electron chi connectivity index (χ0n) is 11.0. The van der Waals surface area contributed by atoms with E-state index in [0.717, 1.165) is 5.57 Å². The molecule has 5 heteroatoms. The number of carboxylic acid groups (broad SMARTS) is 1. The molecular formula is C12H22N2O3. The van der Waals surface area contributed by atoms with Crippen molar-refractivity contribution in [2.75, 3.05) is 13.6 Å². The summed E-state index contributed by atoms with van der Waals surface area (Å²) in [5, 5.41) is 11.5. The van der Waals surface area contributed by atoms with Gasteiger partial charge >= 0.3 is 12.0 Å². The minimum atomic E-state index is -0.911. The lowest BCUT2D eigenvalue weighted by atomic mass is 10.0. The molecule has 17 heavy (non-hydrogen) atoms. The Hall–Kier alpha value is -1.52. The maximum atomic E-state index is 11.8. The van der Waals surface area contributed by atoms with Gasteiger partial charge in [-0.2, -0.15) is 0 Å². The second-order valence-corrected chi connectivity index (χ2v) is 4.71. The predicted octanol–water partition coefficient (Wildman–Crippen LogP) is 1.70. The highest BCUT2D eigenvalue weighted by molar-refractivity contribution is 5.76. The number of aliphatic carboxylic acids is 1. The number of nitrogens with zero attached hydrogens (tertiary/aromatic N) is 1. The summed E-state index contributed by atoms with van der Waals surface area (Å²) >= 11 is 0. The molecule has 0 saturated heterocycles. The molecule has 0 aromatic rings. The van der Waals surface area contributed by atoms with Gasteiger partial charge in [0.2, 0.25) is 0 Å². The Bertz CT molecular complexity index is 300. The molecule has 98 valence electrons. The molecule has 0 aliphatic rings. The number of amides is 2. The van der Waals surface area contributed by atoms with Crippen molar-refractivity contribution in [1.29, 1.82) is 0 Å². The van der Waals surface area contributed by atoms with Gasteiger partial charge in [0.15, 0.2) is 0 Å². The highest BCUT2D eigenvalue weighted by atomic mass is 16.4. The van der Waals surface area contributed by atoms with Crippen molar-refractivity contribution in [2.24, 2.45) is 5.92 Å². The van der Waals surface area contributed by atoms with Crippen LogP contribution < -0.4 is 5.32 Å². The van der Waals surface area contributed by atoms with E-state index >= 15 is 0 Å². The summed E-state index contributed by atoms with van der Waals surface area (Å²) in [6.45, 7) is 9.78. The van der Waals surface area contributed by atoms with Crippen LogP contribution >= 0.6 is 0 Å². The molecule has 0 spiro atoms. The molecule has 0 aromatic heterocycles. The number of nitrogens with one attached hydrogen (secondary N) is 1. The van der Waals surface area contributed by atoms with Crippen molar-refractivity contribution < 1.29 is 14.7 Å². The van der Waals surface area contributed by atoms with Gasteiger partial charge in [-0.1, -0.05) is 26.0 Å². The number of carbonyl (C=O) groups is 2. The Morgan fingerprint density at radius 3 is 2.29 bits per heavy atom. The third-order valence-corrected chi connectivity index (χ3v) is 2.36. The number of likely N-dealkylation sites (N-methyl/N-ethyl adjacent to an activating group) is 1. The minimum Gasteiger partial charge on any atom is -0.481 e. The van der Waals surface area contributed by atoms with Crippen molar-refractivity contribution in [1.82, 2.24) is 10.2 Å². The molecule has 0 heterocycles. The molecule has 0 aliphatic heterocycles. The Morgan fingerprint density at radius 1 is 1.41 bits per heavy atom. The van der Waals surface area contributed by atoms with Crippen LogP contribution in [-0.4, -0.2) is 41.6 Å². The summed E-state index contributed by atoms with van der Waals surface area (Å²) in [6, 6.07) is -0.625. The summed E-state index contributed by atoms with van der Waals surface area (Å²) in [6.07, 6.45) is -0.0652. The van der Waals surface area contributed by atoms with Gasteiger partial charge < -0.3 is 15.3 Å². The van der Waals surface area contributed by atoms with Crippen LogP contribution in [0.25, 0.3) is 0 Å². The maximum absolute atomic E-state index is 11.8. The van der Waals surface area contributed by atoms with E-state index < -0.39 is 5.97 Å². The van der Waals surface area contributed by atoms with E-state index in [2.05, 4.69) is 11.9 Å². The summed E-state index contributed by atoms with van der Waals surface area (Å²) in [5.74, 6) is -0.833. The van der Waals surface area contributed by atoms with Gasteiger partial charge in [0.25, 0.3) is 0 Å². The van der Waals surface area contributed by atoms with Crippen molar-refractivity contribution in [2.45, 2.75) is 33.2 Å². The molecule has 0 saturated carbocycles. The Balaban J connectivity index is 4.39. The number of rotatable bonds is 6. The number of hydrogen-bond donors (Lipinski definition) is 2. The van der Waals surface area contributed by atoms with Crippen LogP contribution in [0.15, 0.2) is 12.2 Å². The lowest BCUT2D eigenvalue weighted by Gasteiger charge is -2.25. The second kappa shape index (κ2) is 6.93. The van der Waals surface area contributed by atoms with Crippen LogP contribution in [0.5, 0.6) is 0 Å². The molecular weight excluding hydrogens is 220 g/mol. The number of hydrogen-bond acceptors (Lipinski definition) is 2. The molecule has 0 rings (SSSR count). The van der Waals surface area contributed by atoms with Crippen LogP contribution in [0.4, 0.5) is 4.79 Å². The van der Waals surface area contributed by atoms with Gasteiger partial charge in [-0.15, -0.1) is 0 Å². The third-order valence-electron chi connectivity index (χ3n) is 2.36. The average Bonchev–Trinajstić information content (AvgIpc) is 2.14. The van der Waals surface area contributed by atoms with Gasteiger partial charge in [0, 0.05) is 19.6 Å². The monoisotopic (exact) mass is 242 g/mol. The number of urea groups is 1. The first-order valence-corrected chi connectivity index (χ1v) is 5.61. The fourth-order valence-corrected chi connectivity index (χ4v) is 1.39. The number of carboxylic acids is 1. The minimum absolute atomic E-state index is 0.0652. The molecule has 0 fully saturated rings. The third kappa shape index (κ3) is 6.60. The first-order valence-electron chi connectivity index (χ1n) is 5.61. The van der Waals surface area contributed by atoms with Crippen LogP contribution in [0.2, 0.25) is 0 Å². The van der Waals surface area contributed by atoms with E-state index in [9.17, 15) is 9.59 Å². The SMILES string of the molecule is C=C(C)CN(C)C(=O)NC(CC(=O)O)C(C)C. The molecule has 2 N–H and O–H groups in total. The molecule has 0 aromatic carbocycles. The van der Waals surface area contributed by atoms with E-state index in [1.165, 1.54) is 4.90 Å². The fourth-order valence-electron chi connectivity index (χ4n) is 1.39. The van der Waals surface area contributed by atoms with Crippen LogP contribution in [0, 0.1) is 5.92 Å². The molecule has 0 radical (unpaired) electrons. The van der Waals surface area contributed by atoms with E-state index in [1.54, 1.807) is 7.05 Å². The van der Waals surface area contributed by atoms with E-state index in [0.29, 0.717) is 6.54 Å². The first kappa shape index (κ1) is 15.5. The number of carbonyl (C=O) groups excluding carboxylic acids is 1. The predicted molar refractivity (Wildman–Crippen MR) is 66.9 cm³/mol. The molecule has 1 atom stereocenters. The molecule has 5 nitrogen and oxygen atoms in total. The fraction of sp³-hybridized carbons (Fsp3) is 0.667. The lowest BCUT2D eigenvalue weighted by Crippen LogP contribution is -2.46. The summed E-state index contributed by atoms with van der Waals surface area (Å²) in [4.78, 5) is 23.9. The van der Waals surface area contributed by atoms with Crippen molar-refractivity contribution >= 4 is 12.0 Å². The van der Waals surface area contributed by atoms with Crippen molar-refractivity contribution in [3.05, 3.63) is 12.2 Å². The zero-order valence-corrected chi connectivity index (χ0v) is 11.0. The van der Waals surface area contributed by atoms with Crippen molar-refractivity contribution in [3.63, 3.8) is 0 Å². The first-order chi connectivity index (χ1) is 7.73. The van der Waals surface area contributed by atoms with Gasteiger partial charge in [-0.05, 0) is 12.8 Å². The maximum Gasteiger partial charge on any atom is 0.317 e. The summed E-state index contributed by atoms with van der Waals surface area (Å²) in [7, 11) is 1.65. The smallest absolute Gasteiger partial charge is 0.317 e. The standard InChI is InChI=1S/C12H22N2O3/c1-8(2)7-14(5)12(17)13-10(9(3)4)6-11(15)16/h9-10H,1,6-7H2,2-5H3,(H,13,17)(H,15,16). The molecule has 1 unspecified atom stereocenters. The van der Waals surface area contributed by atoms with Crippen LogP contribution in [0.1, 0.15) is 27.2 Å². The van der Waals surface area contributed by atoms with Gasteiger partial charge in [-0.3, -0.25) is 4.79 Å². The molecule has 0 bridgehead atoms. The van der Waals surface area contributed by atoms with Gasteiger partial charge in [0.05, 0.1) is 6.42 Å². The Kier molecular flexibility index (Phi) is 6.31.